The summed E-state index contributed by atoms with van der Waals surface area (Å²) in [5, 5.41) is 14.6. The van der Waals surface area contributed by atoms with Gasteiger partial charge in [-0.05, 0) is 43.7 Å². The Morgan fingerprint density at radius 2 is 1.94 bits per heavy atom. The fraction of sp³-hybridized carbons (Fsp3) is 0.333. The molecule has 3 N–H and O–H groups in total. The van der Waals surface area contributed by atoms with E-state index in [0.29, 0.717) is 5.56 Å². The van der Waals surface area contributed by atoms with Crippen LogP contribution in [0, 0.1) is 11.6 Å². The number of rotatable bonds is 8. The Morgan fingerprint density at radius 3 is 2.56 bits per heavy atom. The molecule has 0 radical (unpaired) electrons. The highest BCUT2D eigenvalue weighted by Gasteiger charge is 2.38. The minimum atomic E-state index is -1.07. The summed E-state index contributed by atoms with van der Waals surface area (Å²) in [5.41, 5.74) is 0.693. The van der Waals surface area contributed by atoms with E-state index >= 15 is 0 Å². The summed E-state index contributed by atoms with van der Waals surface area (Å²) in [6.07, 6.45) is -1.29. The molecule has 8 nitrogen and oxygen atoms in total. The first-order chi connectivity index (χ1) is 15.2. The van der Waals surface area contributed by atoms with Gasteiger partial charge in [-0.15, -0.1) is 0 Å². The van der Waals surface area contributed by atoms with Crippen molar-refractivity contribution in [2.24, 2.45) is 0 Å². The summed E-state index contributed by atoms with van der Waals surface area (Å²) >= 11 is 5.72. The zero-order valence-corrected chi connectivity index (χ0v) is 18.2. The zero-order valence-electron chi connectivity index (χ0n) is 17.4. The quantitative estimate of drug-likeness (QED) is 0.548. The van der Waals surface area contributed by atoms with E-state index in [9.17, 15) is 23.5 Å². The number of halogens is 3. The summed E-state index contributed by atoms with van der Waals surface area (Å²) in [6, 6.07) is 6.78. The van der Waals surface area contributed by atoms with Crippen LogP contribution in [-0.4, -0.2) is 52.5 Å². The number of nitrogens with one attached hydrogen (secondary N) is 2. The van der Waals surface area contributed by atoms with Gasteiger partial charge in [0.1, 0.15) is 5.82 Å². The largest absolute Gasteiger partial charge is 0.488 e. The third-order valence-electron chi connectivity index (χ3n) is 4.55. The van der Waals surface area contributed by atoms with Crippen molar-refractivity contribution >= 4 is 29.4 Å². The molecule has 0 spiro atoms. The number of carbonyl (C=O) groups excluding carboxylic acids is 2. The number of aliphatic hydroxyl groups is 1. The normalized spacial score (nSPS) is 16.4. The van der Waals surface area contributed by atoms with Gasteiger partial charge in [-0.3, -0.25) is 10.2 Å². The van der Waals surface area contributed by atoms with Crippen molar-refractivity contribution in [1.29, 1.82) is 0 Å². The Kier molecular flexibility index (Phi) is 7.37. The summed E-state index contributed by atoms with van der Waals surface area (Å²) in [7, 11) is 0. The molecular weight excluding hydrogens is 446 g/mol. The molecule has 1 aliphatic rings. The van der Waals surface area contributed by atoms with E-state index in [4.69, 9.17) is 16.3 Å². The minimum absolute atomic E-state index is 0.0666. The molecular formula is C21H23ClF2N4O4. The van der Waals surface area contributed by atoms with Crippen LogP contribution < -0.4 is 15.4 Å². The molecule has 32 heavy (non-hydrogen) atoms. The van der Waals surface area contributed by atoms with Crippen molar-refractivity contribution in [2.75, 3.05) is 18.5 Å². The number of hydrogen-bond acceptors (Lipinski definition) is 5. The van der Waals surface area contributed by atoms with Gasteiger partial charge in [0, 0.05) is 11.8 Å². The highest BCUT2D eigenvalue weighted by atomic mass is 35.5. The fourth-order valence-corrected chi connectivity index (χ4v) is 3.25. The average molecular weight is 469 g/mol. The van der Waals surface area contributed by atoms with Crippen molar-refractivity contribution < 1.29 is 28.2 Å². The second-order valence-electron chi connectivity index (χ2n) is 7.34. The fourth-order valence-electron chi connectivity index (χ4n) is 3.13. The van der Waals surface area contributed by atoms with E-state index in [1.165, 1.54) is 35.2 Å². The molecule has 1 unspecified atom stereocenters. The lowest BCUT2D eigenvalue weighted by molar-refractivity contribution is 0.0992. The average Bonchev–Trinajstić information content (AvgIpc) is 2.72. The maximum Gasteiger partial charge on any atom is 0.331 e. The van der Waals surface area contributed by atoms with Gasteiger partial charge in [-0.1, -0.05) is 17.7 Å². The Hall–Kier alpha value is -3.11. The van der Waals surface area contributed by atoms with E-state index in [-0.39, 0.29) is 35.7 Å². The molecule has 11 heteroatoms. The van der Waals surface area contributed by atoms with Gasteiger partial charge in [0.2, 0.25) is 0 Å². The van der Waals surface area contributed by atoms with Gasteiger partial charge in [-0.25, -0.2) is 23.3 Å². The summed E-state index contributed by atoms with van der Waals surface area (Å²) in [6.45, 7) is 2.79. The van der Waals surface area contributed by atoms with Crippen LogP contribution in [0.25, 0.3) is 0 Å². The topological polar surface area (TPSA) is 94.1 Å². The van der Waals surface area contributed by atoms with Crippen LogP contribution in [0.4, 0.5) is 24.1 Å². The Balaban J connectivity index is 1.87. The van der Waals surface area contributed by atoms with Crippen LogP contribution in [0.15, 0.2) is 36.4 Å². The number of β-amino-alcohol motifs (C(OH)–C–C–N with tert-alkyl or cyclic N) is 1. The molecule has 1 fully saturated rings. The molecule has 1 saturated heterocycles. The van der Waals surface area contributed by atoms with Crippen LogP contribution in [0.5, 0.6) is 5.75 Å². The molecule has 4 amide bonds. The molecule has 0 saturated carbocycles. The van der Waals surface area contributed by atoms with E-state index in [2.05, 4.69) is 10.6 Å². The molecule has 0 bridgehead atoms. The number of anilines is 1. The number of ether oxygens (including phenoxy) is 1. The van der Waals surface area contributed by atoms with Gasteiger partial charge in [0.25, 0.3) is 0 Å². The number of carbonyl (C=O) groups is 2. The van der Waals surface area contributed by atoms with Crippen LogP contribution in [0.1, 0.15) is 19.4 Å². The van der Waals surface area contributed by atoms with Crippen LogP contribution >= 0.6 is 11.6 Å². The first-order valence-corrected chi connectivity index (χ1v) is 10.2. The first-order valence-electron chi connectivity index (χ1n) is 9.85. The van der Waals surface area contributed by atoms with Gasteiger partial charge >= 0.3 is 12.1 Å². The van der Waals surface area contributed by atoms with Crippen molar-refractivity contribution in [3.63, 3.8) is 0 Å². The van der Waals surface area contributed by atoms with Crippen LogP contribution in [0.2, 0.25) is 5.02 Å². The van der Waals surface area contributed by atoms with E-state index < -0.39 is 36.6 Å². The number of imide groups is 1. The lowest BCUT2D eigenvalue weighted by Gasteiger charge is -2.41. The van der Waals surface area contributed by atoms with Crippen LogP contribution in [0.3, 0.4) is 0 Å². The zero-order chi connectivity index (χ0) is 23.4. The predicted octanol–water partition coefficient (Wildman–Crippen LogP) is 3.74. The molecule has 2 aromatic carbocycles. The smallest absolute Gasteiger partial charge is 0.331 e. The monoisotopic (exact) mass is 468 g/mol. The molecule has 1 atom stereocenters. The maximum atomic E-state index is 14.4. The lowest BCUT2D eigenvalue weighted by Crippen LogP contribution is -2.67. The summed E-state index contributed by atoms with van der Waals surface area (Å²) in [4.78, 5) is 27.4. The maximum absolute atomic E-state index is 14.4. The highest BCUT2D eigenvalue weighted by Crippen LogP contribution is 2.25. The van der Waals surface area contributed by atoms with Crippen molar-refractivity contribution in [2.45, 2.75) is 32.8 Å². The van der Waals surface area contributed by atoms with E-state index in [1.807, 2.05) is 0 Å². The third-order valence-corrected chi connectivity index (χ3v) is 4.86. The summed E-state index contributed by atoms with van der Waals surface area (Å²) < 4.78 is 33.6. The number of amides is 4. The van der Waals surface area contributed by atoms with Gasteiger partial charge < -0.3 is 15.2 Å². The Bertz CT molecular complexity index is 1010. The molecule has 3 rings (SSSR count). The van der Waals surface area contributed by atoms with Gasteiger partial charge in [-0.2, -0.15) is 0 Å². The SMILES string of the molecule is CC(C)Oc1ccc(NC2NC(=O)N(CCO)C(=O)N2Cc2ccc(Cl)c(F)c2)cc1F. The second-order valence-corrected chi connectivity index (χ2v) is 7.75. The molecule has 0 aliphatic carbocycles. The second kappa shape index (κ2) is 10.0. The Morgan fingerprint density at radius 1 is 1.19 bits per heavy atom. The summed E-state index contributed by atoms with van der Waals surface area (Å²) in [5.74, 6) is -1.21. The lowest BCUT2D eigenvalue weighted by atomic mass is 10.2. The first kappa shape index (κ1) is 23.6. The highest BCUT2D eigenvalue weighted by molar-refractivity contribution is 6.30. The van der Waals surface area contributed by atoms with Crippen molar-refractivity contribution in [1.82, 2.24) is 15.1 Å². The number of urea groups is 2. The molecule has 1 heterocycles. The van der Waals surface area contributed by atoms with Crippen molar-refractivity contribution in [3.8, 4) is 5.75 Å². The van der Waals surface area contributed by atoms with E-state index in [0.717, 1.165) is 4.90 Å². The van der Waals surface area contributed by atoms with E-state index in [1.54, 1.807) is 19.9 Å². The number of nitrogens with zero attached hydrogens (tertiary/aromatic N) is 2. The molecule has 172 valence electrons. The number of benzene rings is 2. The van der Waals surface area contributed by atoms with Crippen molar-refractivity contribution in [3.05, 3.63) is 58.6 Å². The van der Waals surface area contributed by atoms with Gasteiger partial charge in [0.15, 0.2) is 17.9 Å². The molecule has 2 aromatic rings. The third kappa shape index (κ3) is 5.38. The number of hydrogen-bond donors (Lipinski definition) is 3. The van der Waals surface area contributed by atoms with Gasteiger partial charge in [0.05, 0.1) is 30.8 Å². The molecule has 0 aromatic heterocycles. The Labute approximate surface area is 188 Å². The van der Waals surface area contributed by atoms with Crippen LogP contribution in [-0.2, 0) is 6.54 Å². The minimum Gasteiger partial charge on any atom is -0.488 e. The predicted molar refractivity (Wildman–Crippen MR) is 114 cm³/mol. The number of aliphatic hydroxyl groups excluding tert-OH is 1. The standard InChI is InChI=1S/C21H23ClF2N4O4/c1-12(2)32-18-6-4-14(10-17(18)24)25-19-26-20(30)27(7-8-29)21(31)28(19)11-13-3-5-15(22)16(23)9-13/h3-6,9-10,12,19,25,29H,7-8,11H2,1-2H3,(H,26,30). The molecule has 1 aliphatic heterocycles.